The minimum atomic E-state index is -0.761. The fraction of sp³-hybridized carbons (Fsp3) is 0.375. The highest BCUT2D eigenvalue weighted by atomic mass is 16.5. The third kappa shape index (κ3) is 6.73. The van der Waals surface area contributed by atoms with E-state index in [-0.39, 0.29) is 11.8 Å². The van der Waals surface area contributed by atoms with Crippen molar-refractivity contribution < 1.29 is 23.8 Å². The summed E-state index contributed by atoms with van der Waals surface area (Å²) in [6, 6.07) is 11.3. The fourth-order valence-electron chi connectivity index (χ4n) is 2.89. The lowest BCUT2D eigenvalue weighted by molar-refractivity contribution is -0.123. The molecule has 32 heavy (non-hydrogen) atoms. The van der Waals surface area contributed by atoms with E-state index in [0.717, 1.165) is 6.42 Å². The van der Waals surface area contributed by atoms with E-state index in [1.807, 2.05) is 32.9 Å². The topological polar surface area (TPSA) is 98.2 Å². The molecule has 0 saturated heterocycles. The quantitative estimate of drug-likeness (QED) is 0.411. The van der Waals surface area contributed by atoms with E-state index in [4.69, 9.17) is 14.2 Å². The standard InChI is InChI=1S/C24H31N3O5/c1-6-14-32-22-18(8-7-9-20(22)31-5)15-25-27-24(29)21(16(2)3)26-23(28)17-10-12-19(30-4)13-11-17/h7-13,15-16,21H,6,14H2,1-5H3,(H,26,28)(H,27,29)/b25-15+. The maximum atomic E-state index is 12.7. The molecule has 2 rings (SSSR count). The van der Waals surface area contributed by atoms with Crippen molar-refractivity contribution in [1.29, 1.82) is 0 Å². The lowest BCUT2D eigenvalue weighted by atomic mass is 10.0. The first-order valence-electron chi connectivity index (χ1n) is 10.5. The number of hydrogen-bond acceptors (Lipinski definition) is 6. The number of hydrazone groups is 1. The van der Waals surface area contributed by atoms with Crippen LogP contribution < -0.4 is 25.0 Å². The summed E-state index contributed by atoms with van der Waals surface area (Å²) >= 11 is 0. The van der Waals surface area contributed by atoms with E-state index in [1.54, 1.807) is 44.6 Å². The third-order valence-corrected chi connectivity index (χ3v) is 4.65. The Bertz CT molecular complexity index is 926. The van der Waals surface area contributed by atoms with Crippen LogP contribution in [0.2, 0.25) is 0 Å². The average molecular weight is 442 g/mol. The lowest BCUT2D eigenvalue weighted by Crippen LogP contribution is -2.48. The number of nitrogens with zero attached hydrogens (tertiary/aromatic N) is 1. The van der Waals surface area contributed by atoms with Crippen molar-refractivity contribution in [2.75, 3.05) is 20.8 Å². The van der Waals surface area contributed by atoms with E-state index >= 15 is 0 Å². The number of carbonyl (C=O) groups is 2. The molecule has 2 aromatic rings. The van der Waals surface area contributed by atoms with Gasteiger partial charge in [-0.3, -0.25) is 9.59 Å². The Morgan fingerprint density at radius 1 is 1.06 bits per heavy atom. The molecule has 8 nitrogen and oxygen atoms in total. The first-order chi connectivity index (χ1) is 15.4. The summed E-state index contributed by atoms with van der Waals surface area (Å²) in [4.78, 5) is 25.3. The molecule has 0 aliphatic heterocycles. The number of benzene rings is 2. The van der Waals surface area contributed by atoms with Crippen LogP contribution in [0.25, 0.3) is 0 Å². The number of hydrogen-bond donors (Lipinski definition) is 2. The Labute approximate surface area is 188 Å². The van der Waals surface area contributed by atoms with Crippen molar-refractivity contribution in [3.8, 4) is 17.2 Å². The fourth-order valence-corrected chi connectivity index (χ4v) is 2.89. The summed E-state index contributed by atoms with van der Waals surface area (Å²) in [5, 5.41) is 6.83. The van der Waals surface area contributed by atoms with E-state index in [0.29, 0.717) is 35.0 Å². The van der Waals surface area contributed by atoms with Crippen LogP contribution in [-0.2, 0) is 4.79 Å². The molecule has 8 heteroatoms. The molecular weight excluding hydrogens is 410 g/mol. The van der Waals surface area contributed by atoms with Gasteiger partial charge in [-0.25, -0.2) is 5.43 Å². The Balaban J connectivity index is 2.08. The van der Waals surface area contributed by atoms with Crippen molar-refractivity contribution in [3.63, 3.8) is 0 Å². The molecule has 0 heterocycles. The monoisotopic (exact) mass is 441 g/mol. The normalized spacial score (nSPS) is 11.8. The molecule has 0 spiro atoms. The first kappa shape index (κ1) is 24.7. The number of ether oxygens (including phenoxy) is 3. The number of rotatable bonds is 11. The van der Waals surface area contributed by atoms with E-state index in [2.05, 4.69) is 15.8 Å². The largest absolute Gasteiger partial charge is 0.497 e. The molecule has 2 N–H and O–H groups in total. The van der Waals surface area contributed by atoms with Gasteiger partial charge in [0.1, 0.15) is 11.8 Å². The van der Waals surface area contributed by atoms with Crippen LogP contribution in [0.4, 0.5) is 0 Å². The first-order valence-corrected chi connectivity index (χ1v) is 10.5. The van der Waals surface area contributed by atoms with Crippen molar-refractivity contribution in [2.45, 2.75) is 33.2 Å². The Kier molecular flexibility index (Phi) is 9.53. The van der Waals surface area contributed by atoms with Gasteiger partial charge in [0.25, 0.3) is 11.8 Å². The second kappa shape index (κ2) is 12.3. The van der Waals surface area contributed by atoms with Crippen LogP contribution in [-0.4, -0.2) is 44.9 Å². The Hall–Kier alpha value is -3.55. The summed E-state index contributed by atoms with van der Waals surface area (Å²) in [5.41, 5.74) is 3.61. The van der Waals surface area contributed by atoms with Gasteiger partial charge in [0.05, 0.1) is 27.0 Å². The van der Waals surface area contributed by atoms with Crippen LogP contribution in [0.15, 0.2) is 47.6 Å². The van der Waals surface area contributed by atoms with E-state index in [1.165, 1.54) is 6.21 Å². The predicted molar refractivity (Wildman–Crippen MR) is 124 cm³/mol. The number of amides is 2. The minimum absolute atomic E-state index is 0.146. The van der Waals surface area contributed by atoms with Crippen molar-refractivity contribution in [2.24, 2.45) is 11.0 Å². The van der Waals surface area contributed by atoms with Gasteiger partial charge in [0.15, 0.2) is 11.5 Å². The highest BCUT2D eigenvalue weighted by molar-refractivity contribution is 5.98. The van der Waals surface area contributed by atoms with Crippen LogP contribution >= 0.6 is 0 Å². The SMILES string of the molecule is CCCOc1c(/C=N/NC(=O)C(NC(=O)c2ccc(OC)cc2)C(C)C)cccc1OC. The van der Waals surface area contributed by atoms with Gasteiger partial charge < -0.3 is 19.5 Å². The third-order valence-electron chi connectivity index (χ3n) is 4.65. The van der Waals surface area contributed by atoms with Gasteiger partial charge in [-0.05, 0) is 48.7 Å². The summed E-state index contributed by atoms with van der Waals surface area (Å²) in [5.74, 6) is 0.871. The maximum Gasteiger partial charge on any atom is 0.262 e. The number of carbonyl (C=O) groups excluding carboxylic acids is 2. The molecule has 0 aliphatic carbocycles. The molecule has 1 unspecified atom stereocenters. The van der Waals surface area contributed by atoms with Crippen LogP contribution in [0, 0.1) is 5.92 Å². The Morgan fingerprint density at radius 3 is 2.38 bits per heavy atom. The molecule has 2 aromatic carbocycles. The zero-order valence-electron chi connectivity index (χ0n) is 19.2. The summed E-state index contributed by atoms with van der Waals surface area (Å²) in [6.45, 7) is 6.23. The molecule has 0 aromatic heterocycles. The van der Waals surface area contributed by atoms with Crippen LogP contribution in [0.1, 0.15) is 43.1 Å². The second-order valence-corrected chi connectivity index (χ2v) is 7.38. The van der Waals surface area contributed by atoms with E-state index < -0.39 is 11.9 Å². The van der Waals surface area contributed by atoms with Gasteiger partial charge in [0.2, 0.25) is 0 Å². The second-order valence-electron chi connectivity index (χ2n) is 7.38. The predicted octanol–water partition coefficient (Wildman–Crippen LogP) is 3.40. The highest BCUT2D eigenvalue weighted by Crippen LogP contribution is 2.30. The van der Waals surface area contributed by atoms with E-state index in [9.17, 15) is 9.59 Å². The molecule has 2 amide bonds. The zero-order valence-corrected chi connectivity index (χ0v) is 19.2. The minimum Gasteiger partial charge on any atom is -0.497 e. The number of para-hydroxylation sites is 1. The molecule has 172 valence electrons. The molecule has 0 saturated carbocycles. The van der Waals surface area contributed by atoms with Crippen molar-refractivity contribution >= 4 is 18.0 Å². The van der Waals surface area contributed by atoms with Gasteiger partial charge in [-0.15, -0.1) is 0 Å². The van der Waals surface area contributed by atoms with Crippen molar-refractivity contribution in [1.82, 2.24) is 10.7 Å². The summed E-state index contributed by atoms with van der Waals surface area (Å²) in [7, 11) is 3.12. The Morgan fingerprint density at radius 2 is 1.78 bits per heavy atom. The van der Waals surface area contributed by atoms with Gasteiger partial charge in [-0.1, -0.05) is 26.8 Å². The number of nitrogens with one attached hydrogen (secondary N) is 2. The molecular formula is C24H31N3O5. The average Bonchev–Trinajstić information content (AvgIpc) is 2.80. The zero-order chi connectivity index (χ0) is 23.5. The van der Waals surface area contributed by atoms with Gasteiger partial charge in [-0.2, -0.15) is 5.10 Å². The van der Waals surface area contributed by atoms with Gasteiger partial charge in [0, 0.05) is 11.1 Å². The summed E-state index contributed by atoms with van der Waals surface area (Å²) < 4.78 is 16.2. The molecule has 0 fully saturated rings. The molecule has 1 atom stereocenters. The van der Waals surface area contributed by atoms with Crippen molar-refractivity contribution in [3.05, 3.63) is 53.6 Å². The smallest absolute Gasteiger partial charge is 0.262 e. The number of methoxy groups -OCH3 is 2. The van der Waals surface area contributed by atoms with Crippen LogP contribution in [0.5, 0.6) is 17.2 Å². The summed E-state index contributed by atoms with van der Waals surface area (Å²) in [6.07, 6.45) is 2.34. The lowest BCUT2D eigenvalue weighted by Gasteiger charge is -2.20. The molecule has 0 bridgehead atoms. The van der Waals surface area contributed by atoms with Gasteiger partial charge >= 0.3 is 0 Å². The van der Waals surface area contributed by atoms with Crippen LogP contribution in [0.3, 0.4) is 0 Å². The maximum absolute atomic E-state index is 12.7. The molecule has 0 aliphatic rings. The molecule has 0 radical (unpaired) electrons. The highest BCUT2D eigenvalue weighted by Gasteiger charge is 2.24.